The largest absolute Gasteiger partial charge is 0.359 e. The molecule has 2 aromatic rings. The number of benzene rings is 1. The van der Waals surface area contributed by atoms with Gasteiger partial charge in [0, 0.05) is 16.6 Å². The van der Waals surface area contributed by atoms with Gasteiger partial charge < -0.3 is 4.98 Å². The van der Waals surface area contributed by atoms with Crippen molar-refractivity contribution >= 4 is 56.7 Å². The SMILES string of the molecule is O=c1c(I)c[nH]c2c(Cl)cc(Cl)cc12. The summed E-state index contributed by atoms with van der Waals surface area (Å²) in [6.45, 7) is 0. The van der Waals surface area contributed by atoms with Crippen LogP contribution in [-0.2, 0) is 0 Å². The molecular formula is C9H4Cl2INO. The number of rotatable bonds is 0. The summed E-state index contributed by atoms with van der Waals surface area (Å²) in [5.41, 5.74) is 0.574. The van der Waals surface area contributed by atoms with E-state index in [0.29, 0.717) is 24.5 Å². The van der Waals surface area contributed by atoms with Gasteiger partial charge >= 0.3 is 0 Å². The second-order valence-electron chi connectivity index (χ2n) is 2.78. The summed E-state index contributed by atoms with van der Waals surface area (Å²) >= 11 is 13.7. The average Bonchev–Trinajstić information content (AvgIpc) is 2.12. The Hall–Kier alpha value is -0.260. The van der Waals surface area contributed by atoms with Crippen LogP contribution in [0, 0.1) is 3.57 Å². The standard InChI is InChI=1S/C9H4Cl2INO/c10-4-1-5-8(6(11)2-4)13-3-7(12)9(5)14/h1-3H,(H,13,14). The number of aromatic nitrogens is 1. The molecule has 0 atom stereocenters. The van der Waals surface area contributed by atoms with Crippen molar-refractivity contribution in [2.45, 2.75) is 0 Å². The molecule has 1 aromatic carbocycles. The Kier molecular flexibility index (Phi) is 2.72. The zero-order valence-corrected chi connectivity index (χ0v) is 10.4. The summed E-state index contributed by atoms with van der Waals surface area (Å²) in [5.74, 6) is 0. The Morgan fingerprint density at radius 1 is 1.29 bits per heavy atom. The van der Waals surface area contributed by atoms with E-state index in [9.17, 15) is 4.79 Å². The molecule has 2 nitrogen and oxygen atoms in total. The predicted octanol–water partition coefficient (Wildman–Crippen LogP) is 3.44. The molecule has 72 valence electrons. The first-order chi connectivity index (χ1) is 6.59. The molecule has 0 amide bonds. The van der Waals surface area contributed by atoms with Crippen LogP contribution in [0.1, 0.15) is 0 Å². The number of hydrogen-bond acceptors (Lipinski definition) is 1. The van der Waals surface area contributed by atoms with Crippen molar-refractivity contribution in [1.29, 1.82) is 0 Å². The van der Waals surface area contributed by atoms with Crippen LogP contribution in [0.25, 0.3) is 10.9 Å². The van der Waals surface area contributed by atoms with E-state index in [1.807, 2.05) is 22.6 Å². The van der Waals surface area contributed by atoms with Crippen LogP contribution in [0.3, 0.4) is 0 Å². The number of aromatic amines is 1. The lowest BCUT2D eigenvalue weighted by Gasteiger charge is -2.01. The highest BCUT2D eigenvalue weighted by molar-refractivity contribution is 14.1. The highest BCUT2D eigenvalue weighted by Crippen LogP contribution is 2.24. The van der Waals surface area contributed by atoms with Gasteiger partial charge in [-0.1, -0.05) is 23.2 Å². The number of hydrogen-bond donors (Lipinski definition) is 1. The maximum atomic E-state index is 11.7. The maximum absolute atomic E-state index is 11.7. The second kappa shape index (κ2) is 3.72. The fraction of sp³-hybridized carbons (Fsp3) is 0. The van der Waals surface area contributed by atoms with Gasteiger partial charge in [-0.05, 0) is 34.7 Å². The average molecular weight is 340 g/mol. The zero-order valence-electron chi connectivity index (χ0n) is 6.77. The summed E-state index contributed by atoms with van der Waals surface area (Å²) in [7, 11) is 0. The van der Waals surface area contributed by atoms with Crippen molar-refractivity contribution in [3.63, 3.8) is 0 Å². The fourth-order valence-electron chi connectivity index (χ4n) is 1.23. The van der Waals surface area contributed by atoms with E-state index in [1.165, 1.54) is 0 Å². The van der Waals surface area contributed by atoms with Gasteiger partial charge in [0.2, 0.25) is 5.43 Å². The number of halogens is 3. The molecule has 14 heavy (non-hydrogen) atoms. The third kappa shape index (κ3) is 1.64. The van der Waals surface area contributed by atoms with Crippen molar-refractivity contribution in [3.05, 3.63) is 42.2 Å². The van der Waals surface area contributed by atoms with E-state index in [1.54, 1.807) is 18.3 Å². The Morgan fingerprint density at radius 2 is 2.00 bits per heavy atom. The van der Waals surface area contributed by atoms with Gasteiger partial charge in [0.15, 0.2) is 0 Å². The van der Waals surface area contributed by atoms with Crippen molar-refractivity contribution in [3.8, 4) is 0 Å². The molecule has 0 unspecified atom stereocenters. The van der Waals surface area contributed by atoms with Gasteiger partial charge in [0.05, 0.1) is 14.1 Å². The van der Waals surface area contributed by atoms with Gasteiger partial charge in [0.1, 0.15) is 0 Å². The van der Waals surface area contributed by atoms with Crippen LogP contribution in [0.5, 0.6) is 0 Å². The molecule has 0 aliphatic heterocycles. The highest BCUT2D eigenvalue weighted by atomic mass is 127. The third-order valence-corrected chi connectivity index (χ3v) is 3.18. The zero-order chi connectivity index (χ0) is 10.3. The predicted molar refractivity (Wildman–Crippen MR) is 67.3 cm³/mol. The summed E-state index contributed by atoms with van der Waals surface area (Å²) < 4.78 is 0.619. The Morgan fingerprint density at radius 3 is 2.71 bits per heavy atom. The van der Waals surface area contributed by atoms with Crippen molar-refractivity contribution in [2.24, 2.45) is 0 Å². The summed E-state index contributed by atoms with van der Waals surface area (Å²) in [6, 6.07) is 3.22. The summed E-state index contributed by atoms with van der Waals surface area (Å²) in [5, 5.41) is 1.45. The normalized spacial score (nSPS) is 10.8. The van der Waals surface area contributed by atoms with Gasteiger partial charge in [-0.2, -0.15) is 0 Å². The van der Waals surface area contributed by atoms with Crippen molar-refractivity contribution < 1.29 is 0 Å². The number of nitrogens with one attached hydrogen (secondary N) is 1. The minimum Gasteiger partial charge on any atom is -0.359 e. The van der Waals surface area contributed by atoms with Gasteiger partial charge in [-0.3, -0.25) is 4.79 Å². The minimum absolute atomic E-state index is 0.0521. The van der Waals surface area contributed by atoms with Crippen LogP contribution in [-0.4, -0.2) is 4.98 Å². The molecule has 0 spiro atoms. The highest BCUT2D eigenvalue weighted by Gasteiger charge is 2.06. The molecule has 0 aliphatic carbocycles. The van der Waals surface area contributed by atoms with Crippen LogP contribution in [0.2, 0.25) is 10.0 Å². The molecule has 1 heterocycles. The minimum atomic E-state index is -0.0521. The first-order valence-electron chi connectivity index (χ1n) is 3.75. The summed E-state index contributed by atoms with van der Waals surface area (Å²) in [4.78, 5) is 14.6. The summed E-state index contributed by atoms with van der Waals surface area (Å²) in [6.07, 6.45) is 1.63. The third-order valence-electron chi connectivity index (χ3n) is 1.86. The lowest BCUT2D eigenvalue weighted by Crippen LogP contribution is -2.06. The molecule has 0 radical (unpaired) electrons. The smallest absolute Gasteiger partial charge is 0.202 e. The van der Waals surface area contributed by atoms with Crippen LogP contribution < -0.4 is 5.43 Å². The Bertz CT molecular complexity index is 564. The lowest BCUT2D eigenvalue weighted by molar-refractivity contribution is 1.36. The molecule has 0 saturated carbocycles. The number of pyridine rings is 1. The maximum Gasteiger partial charge on any atom is 0.202 e. The molecule has 0 bridgehead atoms. The van der Waals surface area contributed by atoms with Gasteiger partial charge in [0.25, 0.3) is 0 Å². The molecule has 5 heteroatoms. The first kappa shape index (κ1) is 10.3. The van der Waals surface area contributed by atoms with E-state index < -0.39 is 0 Å². The number of H-pyrrole nitrogens is 1. The molecule has 1 aromatic heterocycles. The first-order valence-corrected chi connectivity index (χ1v) is 5.59. The quantitative estimate of drug-likeness (QED) is 0.733. The van der Waals surface area contributed by atoms with Crippen molar-refractivity contribution in [1.82, 2.24) is 4.98 Å². The number of fused-ring (bicyclic) bond motifs is 1. The Labute approximate surface area is 103 Å². The van der Waals surface area contributed by atoms with Crippen molar-refractivity contribution in [2.75, 3.05) is 0 Å². The Balaban J connectivity index is 3.03. The van der Waals surface area contributed by atoms with Crippen LogP contribution in [0.15, 0.2) is 23.1 Å². The fourth-order valence-corrected chi connectivity index (χ4v) is 2.22. The molecule has 0 aliphatic rings. The molecule has 0 fully saturated rings. The van der Waals surface area contributed by atoms with E-state index in [0.717, 1.165) is 0 Å². The molecular weight excluding hydrogens is 336 g/mol. The lowest BCUT2D eigenvalue weighted by atomic mass is 10.2. The van der Waals surface area contributed by atoms with E-state index in [4.69, 9.17) is 23.2 Å². The molecule has 1 N–H and O–H groups in total. The van der Waals surface area contributed by atoms with Gasteiger partial charge in [-0.25, -0.2) is 0 Å². The monoisotopic (exact) mass is 339 g/mol. The van der Waals surface area contributed by atoms with E-state index >= 15 is 0 Å². The molecule has 0 saturated heterocycles. The van der Waals surface area contributed by atoms with E-state index in [-0.39, 0.29) is 5.43 Å². The topological polar surface area (TPSA) is 32.9 Å². The molecule has 2 rings (SSSR count). The van der Waals surface area contributed by atoms with Crippen LogP contribution >= 0.6 is 45.8 Å². The van der Waals surface area contributed by atoms with E-state index in [2.05, 4.69) is 4.98 Å². The van der Waals surface area contributed by atoms with Gasteiger partial charge in [-0.15, -0.1) is 0 Å². The second-order valence-corrected chi connectivity index (χ2v) is 4.78. The van der Waals surface area contributed by atoms with Crippen LogP contribution in [0.4, 0.5) is 0 Å².